The van der Waals surface area contributed by atoms with E-state index < -0.39 is 28.5 Å². The molecule has 3 aromatic carbocycles. The Morgan fingerprint density at radius 1 is 0.946 bits per heavy atom. The number of amides is 2. The number of sulfonamides is 1. The molecule has 0 saturated heterocycles. The summed E-state index contributed by atoms with van der Waals surface area (Å²) in [6.45, 7) is 5.04. The van der Waals surface area contributed by atoms with Crippen molar-refractivity contribution in [3.05, 3.63) is 94.0 Å². The monoisotopic (exact) mass is 561 g/mol. The zero-order valence-electron chi connectivity index (χ0n) is 20.8. The molecule has 1 N–H and O–H groups in total. The predicted octanol–water partition coefficient (Wildman–Crippen LogP) is 5.05. The van der Waals surface area contributed by atoms with Crippen molar-refractivity contribution in [2.24, 2.45) is 0 Å². The SMILES string of the molecule is CCNC(=O)[C@H](C)N(Cc1cccc(Cl)c1)C(=O)CN(c1cc(Cl)ccc1C)S(=O)(=O)c1ccccc1. The summed E-state index contributed by atoms with van der Waals surface area (Å²) < 4.78 is 28.6. The highest BCUT2D eigenvalue weighted by atomic mass is 35.5. The second-order valence-electron chi connectivity index (χ2n) is 8.48. The molecular formula is C27H29Cl2N3O4S. The summed E-state index contributed by atoms with van der Waals surface area (Å²) in [7, 11) is -4.15. The lowest BCUT2D eigenvalue weighted by atomic mass is 10.1. The van der Waals surface area contributed by atoms with Crippen LogP contribution < -0.4 is 9.62 Å². The van der Waals surface area contributed by atoms with Gasteiger partial charge in [0, 0.05) is 23.1 Å². The van der Waals surface area contributed by atoms with Crippen LogP contribution in [0.15, 0.2) is 77.7 Å². The molecule has 196 valence electrons. The second-order valence-corrected chi connectivity index (χ2v) is 11.2. The Labute approximate surface area is 228 Å². The summed E-state index contributed by atoms with van der Waals surface area (Å²) in [5.41, 5.74) is 1.60. The Hall–Kier alpha value is -3.07. The van der Waals surface area contributed by atoms with Crippen LogP contribution in [0.1, 0.15) is 25.0 Å². The number of anilines is 1. The third-order valence-corrected chi connectivity index (χ3v) is 8.05. The first kappa shape index (κ1) is 28.5. The minimum Gasteiger partial charge on any atom is -0.355 e. The molecule has 0 fully saturated rings. The summed E-state index contributed by atoms with van der Waals surface area (Å²) >= 11 is 12.4. The van der Waals surface area contributed by atoms with Gasteiger partial charge in [-0.15, -0.1) is 0 Å². The van der Waals surface area contributed by atoms with Crippen LogP contribution in [0, 0.1) is 6.92 Å². The van der Waals surface area contributed by atoms with Crippen molar-refractivity contribution in [2.75, 3.05) is 17.4 Å². The average Bonchev–Trinajstić information content (AvgIpc) is 2.87. The van der Waals surface area contributed by atoms with Gasteiger partial charge in [-0.1, -0.05) is 59.6 Å². The number of carbonyl (C=O) groups is 2. The minimum atomic E-state index is -4.15. The number of nitrogens with one attached hydrogen (secondary N) is 1. The van der Waals surface area contributed by atoms with Crippen LogP contribution in [0.25, 0.3) is 0 Å². The number of aryl methyl sites for hydroxylation is 1. The highest BCUT2D eigenvalue weighted by molar-refractivity contribution is 7.92. The predicted molar refractivity (Wildman–Crippen MR) is 147 cm³/mol. The maximum Gasteiger partial charge on any atom is 0.264 e. The van der Waals surface area contributed by atoms with Crippen LogP contribution in [0.2, 0.25) is 10.0 Å². The van der Waals surface area contributed by atoms with Gasteiger partial charge >= 0.3 is 0 Å². The number of hydrogen-bond acceptors (Lipinski definition) is 4. The van der Waals surface area contributed by atoms with Crippen molar-refractivity contribution in [3.63, 3.8) is 0 Å². The van der Waals surface area contributed by atoms with E-state index in [0.717, 1.165) is 4.31 Å². The van der Waals surface area contributed by atoms with Gasteiger partial charge in [0.15, 0.2) is 0 Å². The Balaban J connectivity index is 2.06. The maximum atomic E-state index is 13.8. The molecule has 3 aromatic rings. The first-order valence-corrected chi connectivity index (χ1v) is 13.9. The first-order valence-electron chi connectivity index (χ1n) is 11.7. The standard InChI is InChI=1S/C27H29Cl2N3O4S/c1-4-30-27(34)20(3)31(17-21-9-8-10-22(28)15-21)26(33)18-32(25-16-23(29)14-13-19(25)2)37(35,36)24-11-6-5-7-12-24/h5-16,20H,4,17-18H2,1-3H3,(H,30,34)/t20-/m0/s1. The van der Waals surface area contributed by atoms with Gasteiger partial charge in [-0.3, -0.25) is 13.9 Å². The number of likely N-dealkylation sites (N-methyl/N-ethyl adjacent to an activating group) is 1. The van der Waals surface area contributed by atoms with E-state index in [1.807, 2.05) is 0 Å². The molecular weight excluding hydrogens is 533 g/mol. The van der Waals surface area contributed by atoms with E-state index in [0.29, 0.717) is 27.7 Å². The fourth-order valence-electron chi connectivity index (χ4n) is 3.82. The van der Waals surface area contributed by atoms with Gasteiger partial charge in [0.05, 0.1) is 10.6 Å². The number of halogens is 2. The van der Waals surface area contributed by atoms with Crippen molar-refractivity contribution < 1.29 is 18.0 Å². The lowest BCUT2D eigenvalue weighted by Gasteiger charge is -2.32. The normalized spacial score (nSPS) is 12.0. The Morgan fingerprint density at radius 3 is 2.27 bits per heavy atom. The molecule has 3 rings (SSSR count). The van der Waals surface area contributed by atoms with E-state index in [1.54, 1.807) is 75.4 Å². The molecule has 37 heavy (non-hydrogen) atoms. The number of carbonyl (C=O) groups excluding carboxylic acids is 2. The zero-order valence-corrected chi connectivity index (χ0v) is 23.1. The third-order valence-electron chi connectivity index (χ3n) is 5.81. The van der Waals surface area contributed by atoms with Gasteiger partial charge in [0.25, 0.3) is 10.0 Å². The Kier molecular flexibility index (Phi) is 9.59. The lowest BCUT2D eigenvalue weighted by Crippen LogP contribution is -2.51. The molecule has 2 amide bonds. The van der Waals surface area contributed by atoms with Crippen LogP contribution in [0.3, 0.4) is 0 Å². The third kappa shape index (κ3) is 7.03. The van der Waals surface area contributed by atoms with Crippen molar-refractivity contribution in [2.45, 2.75) is 38.3 Å². The molecule has 0 aliphatic rings. The average molecular weight is 563 g/mol. The molecule has 0 heterocycles. The van der Waals surface area contributed by atoms with Gasteiger partial charge in [-0.05, 0) is 68.3 Å². The van der Waals surface area contributed by atoms with E-state index in [-0.39, 0.29) is 23.0 Å². The summed E-state index contributed by atoms with van der Waals surface area (Å²) in [4.78, 5) is 27.9. The molecule has 7 nitrogen and oxygen atoms in total. The largest absolute Gasteiger partial charge is 0.355 e. The van der Waals surface area contributed by atoms with Gasteiger partial charge in [0.2, 0.25) is 11.8 Å². The molecule has 0 aliphatic heterocycles. The molecule has 0 aromatic heterocycles. The fraction of sp³-hybridized carbons (Fsp3) is 0.259. The summed E-state index contributed by atoms with van der Waals surface area (Å²) in [5, 5.41) is 3.54. The number of hydrogen-bond donors (Lipinski definition) is 1. The lowest BCUT2D eigenvalue weighted by molar-refractivity contribution is -0.139. The molecule has 0 aliphatic carbocycles. The van der Waals surface area contributed by atoms with E-state index in [4.69, 9.17) is 23.2 Å². The van der Waals surface area contributed by atoms with Crippen LogP contribution in [-0.4, -0.2) is 44.3 Å². The van der Waals surface area contributed by atoms with Gasteiger partial charge < -0.3 is 10.2 Å². The minimum absolute atomic E-state index is 0.0281. The number of benzene rings is 3. The van der Waals surface area contributed by atoms with Crippen molar-refractivity contribution in [1.29, 1.82) is 0 Å². The molecule has 10 heteroatoms. The fourth-order valence-corrected chi connectivity index (χ4v) is 5.69. The van der Waals surface area contributed by atoms with Gasteiger partial charge in [0.1, 0.15) is 12.6 Å². The topological polar surface area (TPSA) is 86.8 Å². The zero-order chi connectivity index (χ0) is 27.2. The summed E-state index contributed by atoms with van der Waals surface area (Å²) in [6.07, 6.45) is 0. The smallest absolute Gasteiger partial charge is 0.264 e. The van der Waals surface area contributed by atoms with Crippen LogP contribution in [0.4, 0.5) is 5.69 Å². The Morgan fingerprint density at radius 2 is 1.62 bits per heavy atom. The van der Waals surface area contributed by atoms with E-state index >= 15 is 0 Å². The summed E-state index contributed by atoms with van der Waals surface area (Å²) in [5.74, 6) is -0.910. The van der Waals surface area contributed by atoms with Crippen molar-refractivity contribution >= 4 is 50.7 Å². The van der Waals surface area contributed by atoms with Crippen molar-refractivity contribution in [1.82, 2.24) is 10.2 Å². The molecule has 1 atom stereocenters. The quantitative estimate of drug-likeness (QED) is 0.375. The number of nitrogens with zero attached hydrogens (tertiary/aromatic N) is 2. The van der Waals surface area contributed by atoms with E-state index in [1.165, 1.54) is 23.1 Å². The van der Waals surface area contributed by atoms with Crippen molar-refractivity contribution in [3.8, 4) is 0 Å². The maximum absolute atomic E-state index is 13.8. The van der Waals surface area contributed by atoms with Crippen LogP contribution in [0.5, 0.6) is 0 Å². The Bertz CT molecular complexity index is 1370. The molecule has 0 unspecified atom stereocenters. The van der Waals surface area contributed by atoms with Gasteiger partial charge in [-0.25, -0.2) is 8.42 Å². The van der Waals surface area contributed by atoms with Gasteiger partial charge in [-0.2, -0.15) is 0 Å². The van der Waals surface area contributed by atoms with E-state index in [9.17, 15) is 18.0 Å². The summed E-state index contributed by atoms with van der Waals surface area (Å²) in [6, 6.07) is 18.8. The van der Waals surface area contributed by atoms with Crippen LogP contribution >= 0.6 is 23.2 Å². The molecule has 0 radical (unpaired) electrons. The number of rotatable bonds is 10. The highest BCUT2D eigenvalue weighted by Gasteiger charge is 2.33. The van der Waals surface area contributed by atoms with Crippen LogP contribution in [-0.2, 0) is 26.2 Å². The van der Waals surface area contributed by atoms with E-state index in [2.05, 4.69) is 5.32 Å². The molecule has 0 bridgehead atoms. The highest BCUT2D eigenvalue weighted by Crippen LogP contribution is 2.30. The second kappa shape index (κ2) is 12.4. The molecule has 0 spiro atoms. The first-order chi connectivity index (χ1) is 17.5. The molecule has 0 saturated carbocycles.